The lowest BCUT2D eigenvalue weighted by Gasteiger charge is -2.10. The van der Waals surface area contributed by atoms with Gasteiger partial charge in [-0.2, -0.15) is 0 Å². The van der Waals surface area contributed by atoms with Crippen LogP contribution in [0.5, 0.6) is 5.75 Å². The third-order valence-corrected chi connectivity index (χ3v) is 3.00. The fourth-order valence-electron chi connectivity index (χ4n) is 1.43. The fraction of sp³-hybridized carbons (Fsp3) is 0.154. The summed E-state index contributed by atoms with van der Waals surface area (Å²) in [5.41, 5.74) is 1.83. The predicted molar refractivity (Wildman–Crippen MR) is 69.6 cm³/mol. The van der Waals surface area contributed by atoms with Gasteiger partial charge in [-0.1, -0.05) is 29.8 Å². The van der Waals surface area contributed by atoms with Crippen molar-refractivity contribution in [3.05, 3.63) is 58.9 Å². The molecule has 1 aromatic carbocycles. The molecule has 4 heteroatoms. The van der Waals surface area contributed by atoms with Crippen LogP contribution in [0, 0.1) is 0 Å². The van der Waals surface area contributed by atoms with Gasteiger partial charge < -0.3 is 4.74 Å². The molecule has 0 amide bonds. The van der Waals surface area contributed by atoms with E-state index in [9.17, 15) is 0 Å². The largest absolute Gasteiger partial charge is 0.488 e. The molecule has 0 atom stereocenters. The minimum absolute atomic E-state index is 0.381. The summed E-state index contributed by atoms with van der Waals surface area (Å²) < 4.78 is 5.69. The SMILES string of the molecule is ClCc1cnccc1OCc1ccccc1Cl. The Hall–Kier alpha value is -1.25. The maximum atomic E-state index is 6.05. The van der Waals surface area contributed by atoms with Crippen molar-refractivity contribution < 1.29 is 4.74 Å². The maximum Gasteiger partial charge on any atom is 0.127 e. The molecule has 0 spiro atoms. The molecule has 0 bridgehead atoms. The van der Waals surface area contributed by atoms with Crippen LogP contribution in [0.2, 0.25) is 5.02 Å². The molecule has 0 fully saturated rings. The number of hydrogen-bond donors (Lipinski definition) is 0. The summed E-state index contributed by atoms with van der Waals surface area (Å²) in [5.74, 6) is 1.13. The van der Waals surface area contributed by atoms with Crippen LogP contribution in [0.4, 0.5) is 0 Å². The van der Waals surface area contributed by atoms with E-state index in [1.54, 1.807) is 18.5 Å². The van der Waals surface area contributed by atoms with Crippen LogP contribution in [-0.4, -0.2) is 4.98 Å². The molecule has 17 heavy (non-hydrogen) atoms. The molecule has 1 heterocycles. The zero-order valence-electron chi connectivity index (χ0n) is 9.07. The van der Waals surface area contributed by atoms with E-state index in [-0.39, 0.29) is 0 Å². The van der Waals surface area contributed by atoms with Gasteiger partial charge in [0.1, 0.15) is 12.4 Å². The molecule has 0 saturated carbocycles. The Morgan fingerprint density at radius 1 is 1.12 bits per heavy atom. The van der Waals surface area contributed by atoms with Gasteiger partial charge in [-0.25, -0.2) is 0 Å². The van der Waals surface area contributed by atoms with Gasteiger partial charge in [0.15, 0.2) is 0 Å². The molecule has 0 aliphatic rings. The molecule has 0 radical (unpaired) electrons. The predicted octanol–water partition coefficient (Wildman–Crippen LogP) is 4.05. The molecule has 88 valence electrons. The molecule has 2 aromatic rings. The van der Waals surface area contributed by atoms with E-state index in [0.717, 1.165) is 16.9 Å². The van der Waals surface area contributed by atoms with Crippen LogP contribution in [-0.2, 0) is 12.5 Å². The van der Waals surface area contributed by atoms with Gasteiger partial charge in [0.25, 0.3) is 0 Å². The number of aromatic nitrogens is 1. The number of hydrogen-bond acceptors (Lipinski definition) is 2. The number of alkyl halides is 1. The molecule has 2 nitrogen and oxygen atoms in total. The molecular formula is C13H11Cl2NO. The Bertz CT molecular complexity index is 502. The van der Waals surface area contributed by atoms with Crippen molar-refractivity contribution in [3.63, 3.8) is 0 Å². The van der Waals surface area contributed by atoms with Crippen LogP contribution < -0.4 is 4.74 Å². The first-order valence-electron chi connectivity index (χ1n) is 5.16. The Morgan fingerprint density at radius 2 is 1.94 bits per heavy atom. The molecule has 0 aliphatic heterocycles. The average Bonchev–Trinajstić information content (AvgIpc) is 2.38. The van der Waals surface area contributed by atoms with Gasteiger partial charge in [0, 0.05) is 28.5 Å². The number of nitrogens with zero attached hydrogens (tertiary/aromatic N) is 1. The number of halogens is 2. The number of benzene rings is 1. The van der Waals surface area contributed by atoms with E-state index in [1.165, 1.54) is 0 Å². The third-order valence-electron chi connectivity index (χ3n) is 2.34. The van der Waals surface area contributed by atoms with E-state index in [0.29, 0.717) is 17.5 Å². The average molecular weight is 268 g/mol. The second-order valence-electron chi connectivity index (χ2n) is 3.50. The summed E-state index contributed by atoms with van der Waals surface area (Å²) in [6.45, 7) is 0.424. The smallest absolute Gasteiger partial charge is 0.127 e. The summed E-state index contributed by atoms with van der Waals surface area (Å²) in [4.78, 5) is 4.00. The van der Waals surface area contributed by atoms with Crippen molar-refractivity contribution in [3.8, 4) is 5.75 Å². The Balaban J connectivity index is 2.10. The lowest BCUT2D eigenvalue weighted by atomic mass is 10.2. The zero-order chi connectivity index (χ0) is 12.1. The number of ether oxygens (including phenoxy) is 1. The highest BCUT2D eigenvalue weighted by atomic mass is 35.5. The third kappa shape index (κ3) is 3.11. The summed E-state index contributed by atoms with van der Waals surface area (Å²) in [6.07, 6.45) is 3.38. The minimum atomic E-state index is 0.381. The lowest BCUT2D eigenvalue weighted by molar-refractivity contribution is 0.303. The quantitative estimate of drug-likeness (QED) is 0.780. The normalized spacial score (nSPS) is 10.2. The van der Waals surface area contributed by atoms with Gasteiger partial charge in [0.2, 0.25) is 0 Å². The van der Waals surface area contributed by atoms with Gasteiger partial charge in [-0.3, -0.25) is 4.98 Å². The van der Waals surface area contributed by atoms with Gasteiger partial charge in [0.05, 0.1) is 5.88 Å². The molecule has 1 aromatic heterocycles. The summed E-state index contributed by atoms with van der Waals surface area (Å²) in [7, 11) is 0. The van der Waals surface area contributed by atoms with E-state index < -0.39 is 0 Å². The van der Waals surface area contributed by atoms with Gasteiger partial charge in [-0.05, 0) is 12.1 Å². The minimum Gasteiger partial charge on any atom is -0.488 e. The first-order valence-corrected chi connectivity index (χ1v) is 6.07. The highest BCUT2D eigenvalue weighted by molar-refractivity contribution is 6.31. The van der Waals surface area contributed by atoms with Crippen LogP contribution in [0.15, 0.2) is 42.7 Å². The summed E-state index contributed by atoms with van der Waals surface area (Å²) in [5, 5.41) is 0.703. The van der Waals surface area contributed by atoms with E-state index in [4.69, 9.17) is 27.9 Å². The summed E-state index contributed by atoms with van der Waals surface area (Å²) in [6, 6.07) is 9.40. The van der Waals surface area contributed by atoms with E-state index in [2.05, 4.69) is 4.98 Å². The molecule has 0 unspecified atom stereocenters. The van der Waals surface area contributed by atoms with Crippen molar-refractivity contribution in [1.82, 2.24) is 4.98 Å². The van der Waals surface area contributed by atoms with Crippen molar-refractivity contribution in [2.45, 2.75) is 12.5 Å². The van der Waals surface area contributed by atoms with Crippen LogP contribution in [0.1, 0.15) is 11.1 Å². The standard InChI is InChI=1S/C13H11Cl2NO/c14-7-11-8-16-6-5-13(11)17-9-10-3-1-2-4-12(10)15/h1-6,8H,7,9H2. The molecular weight excluding hydrogens is 257 g/mol. The number of pyridine rings is 1. The van der Waals surface area contributed by atoms with Crippen LogP contribution >= 0.6 is 23.2 Å². The Morgan fingerprint density at radius 3 is 2.71 bits per heavy atom. The molecule has 0 saturated heterocycles. The van der Waals surface area contributed by atoms with Crippen molar-refractivity contribution >= 4 is 23.2 Å². The molecule has 2 rings (SSSR count). The summed E-state index contributed by atoms with van der Waals surface area (Å²) >= 11 is 11.8. The zero-order valence-corrected chi connectivity index (χ0v) is 10.6. The fourth-order valence-corrected chi connectivity index (χ4v) is 1.82. The van der Waals surface area contributed by atoms with Crippen molar-refractivity contribution in [2.75, 3.05) is 0 Å². The molecule has 0 N–H and O–H groups in total. The Labute approximate surface area is 110 Å². The Kier molecular flexibility index (Phi) is 4.24. The second-order valence-corrected chi connectivity index (χ2v) is 4.17. The van der Waals surface area contributed by atoms with E-state index >= 15 is 0 Å². The number of rotatable bonds is 4. The highest BCUT2D eigenvalue weighted by Crippen LogP contribution is 2.22. The van der Waals surface area contributed by atoms with E-state index in [1.807, 2.05) is 24.3 Å². The lowest BCUT2D eigenvalue weighted by Crippen LogP contribution is -1.98. The van der Waals surface area contributed by atoms with Crippen molar-refractivity contribution in [2.24, 2.45) is 0 Å². The second kappa shape index (κ2) is 5.89. The van der Waals surface area contributed by atoms with Gasteiger partial charge >= 0.3 is 0 Å². The molecule has 0 aliphatic carbocycles. The first kappa shape index (κ1) is 12.2. The van der Waals surface area contributed by atoms with Crippen LogP contribution in [0.25, 0.3) is 0 Å². The monoisotopic (exact) mass is 267 g/mol. The first-order chi connectivity index (χ1) is 8.31. The topological polar surface area (TPSA) is 22.1 Å². The highest BCUT2D eigenvalue weighted by Gasteiger charge is 2.04. The van der Waals surface area contributed by atoms with Crippen molar-refractivity contribution in [1.29, 1.82) is 0 Å². The van der Waals surface area contributed by atoms with Crippen LogP contribution in [0.3, 0.4) is 0 Å². The maximum absolute atomic E-state index is 6.05. The van der Waals surface area contributed by atoms with Gasteiger partial charge in [-0.15, -0.1) is 11.6 Å².